The van der Waals surface area contributed by atoms with Gasteiger partial charge in [0.05, 0.1) is 24.3 Å². The molecule has 47 heavy (non-hydrogen) atoms. The Morgan fingerprint density at radius 2 is 1.49 bits per heavy atom. The lowest BCUT2D eigenvalue weighted by molar-refractivity contribution is -0.131. The molecule has 0 amide bonds. The van der Waals surface area contributed by atoms with Crippen molar-refractivity contribution in [1.82, 2.24) is 0 Å². The standard InChI is InChI=1S/C38H74O6SSi2/c1-29(26-27-43-46(13,14)37(5,6)7)22-23-30(2)33(41-11)25-24-31(3)36(44-47(15,16)38(8,9)10)32(4)34(42-28-45-12)20-18-17-19-21-35(39)40/h17-19,21,23,29,31-34,36H,20,22,24-28H2,1-16H3,(H,39,40)/b18-17+,21-19+,30-23+/t29-,31-,32-,33+,34-,36-/m1/s1. The molecule has 0 fully saturated rings. The minimum absolute atomic E-state index is 0.0217. The van der Waals surface area contributed by atoms with Gasteiger partial charge in [0.1, 0.15) is 0 Å². The zero-order valence-corrected chi connectivity index (χ0v) is 36.0. The minimum atomic E-state index is -2.08. The van der Waals surface area contributed by atoms with E-state index in [1.165, 1.54) is 5.57 Å². The van der Waals surface area contributed by atoms with Crippen molar-refractivity contribution in [2.75, 3.05) is 25.9 Å². The number of rotatable bonds is 23. The number of methoxy groups -OCH3 is 1. The van der Waals surface area contributed by atoms with Gasteiger partial charge in [0.15, 0.2) is 16.6 Å². The van der Waals surface area contributed by atoms with Gasteiger partial charge in [0.25, 0.3) is 0 Å². The Labute approximate surface area is 297 Å². The van der Waals surface area contributed by atoms with E-state index in [0.29, 0.717) is 24.2 Å². The first-order valence-corrected chi connectivity index (χ1v) is 24.9. The predicted octanol–water partition coefficient (Wildman–Crippen LogP) is 11.1. The van der Waals surface area contributed by atoms with Gasteiger partial charge in [0, 0.05) is 25.7 Å². The zero-order chi connectivity index (χ0) is 36.6. The number of hydrogen-bond donors (Lipinski definition) is 1. The van der Waals surface area contributed by atoms with Gasteiger partial charge in [-0.1, -0.05) is 86.6 Å². The Kier molecular flexibility index (Phi) is 21.2. The van der Waals surface area contributed by atoms with Gasteiger partial charge < -0.3 is 23.4 Å². The van der Waals surface area contributed by atoms with E-state index in [4.69, 9.17) is 23.4 Å². The topological polar surface area (TPSA) is 74.2 Å². The van der Waals surface area contributed by atoms with Crippen molar-refractivity contribution in [3.05, 3.63) is 36.0 Å². The SMILES string of the molecule is CO[C@@H](CC[C@@H](C)[C@@H](O[Si](C)(C)C(C)(C)C)[C@H](C)[C@@H](C/C=C/C=C/C(=O)O)OCSC)/C(C)=C/C[C@@H](C)CCO[Si](C)(C)C(C)(C)C. The lowest BCUT2D eigenvalue weighted by Crippen LogP contribution is -2.49. The van der Waals surface area contributed by atoms with E-state index in [1.54, 1.807) is 23.9 Å². The van der Waals surface area contributed by atoms with Gasteiger partial charge in [-0.3, -0.25) is 0 Å². The van der Waals surface area contributed by atoms with E-state index < -0.39 is 22.6 Å². The smallest absolute Gasteiger partial charge is 0.328 e. The lowest BCUT2D eigenvalue weighted by Gasteiger charge is -2.44. The highest BCUT2D eigenvalue weighted by Crippen LogP contribution is 2.41. The van der Waals surface area contributed by atoms with Gasteiger partial charge in [-0.15, -0.1) is 11.8 Å². The van der Waals surface area contributed by atoms with Crippen LogP contribution in [-0.2, 0) is 23.1 Å². The summed E-state index contributed by atoms with van der Waals surface area (Å²) in [5.41, 5.74) is 1.30. The number of carboxylic acids is 1. The van der Waals surface area contributed by atoms with Gasteiger partial charge >= 0.3 is 5.97 Å². The molecule has 0 aromatic heterocycles. The van der Waals surface area contributed by atoms with Crippen molar-refractivity contribution in [3.8, 4) is 0 Å². The van der Waals surface area contributed by atoms with E-state index in [2.05, 4.69) is 102 Å². The van der Waals surface area contributed by atoms with Crippen LogP contribution in [0.5, 0.6) is 0 Å². The summed E-state index contributed by atoms with van der Waals surface area (Å²) < 4.78 is 26.1. The van der Waals surface area contributed by atoms with Gasteiger partial charge in [0.2, 0.25) is 0 Å². The van der Waals surface area contributed by atoms with Gasteiger partial charge in [-0.2, -0.15) is 0 Å². The van der Waals surface area contributed by atoms with Gasteiger partial charge in [-0.05, 0) is 99.0 Å². The molecule has 0 radical (unpaired) electrons. The Hall–Kier alpha value is -0.686. The second kappa shape index (κ2) is 21.5. The first kappa shape index (κ1) is 46.3. The summed E-state index contributed by atoms with van der Waals surface area (Å²) >= 11 is 1.67. The monoisotopic (exact) mass is 714 g/mol. The number of allylic oxidation sites excluding steroid dienone is 3. The van der Waals surface area contributed by atoms with Crippen LogP contribution in [-0.4, -0.2) is 71.9 Å². The van der Waals surface area contributed by atoms with Crippen molar-refractivity contribution in [2.45, 2.75) is 156 Å². The summed E-state index contributed by atoms with van der Waals surface area (Å²) in [6.45, 7) is 33.0. The van der Waals surface area contributed by atoms with Crippen LogP contribution in [0.3, 0.4) is 0 Å². The maximum absolute atomic E-state index is 10.9. The first-order chi connectivity index (χ1) is 21.5. The molecule has 0 aromatic carbocycles. The third kappa shape index (κ3) is 17.7. The molecule has 0 aromatic rings. The Balaban J connectivity index is 5.75. The summed E-state index contributed by atoms with van der Waals surface area (Å²) in [4.78, 5) is 10.9. The fourth-order valence-electron chi connectivity index (χ4n) is 4.97. The van der Waals surface area contributed by atoms with Crippen LogP contribution in [0.2, 0.25) is 36.3 Å². The first-order valence-electron chi connectivity index (χ1n) is 17.7. The summed E-state index contributed by atoms with van der Waals surface area (Å²) in [5.74, 6) is 0.654. The van der Waals surface area contributed by atoms with Crippen molar-refractivity contribution >= 4 is 34.4 Å². The summed E-state index contributed by atoms with van der Waals surface area (Å²) in [6.07, 6.45) is 15.7. The maximum atomic E-state index is 10.9. The molecule has 0 aliphatic heterocycles. The highest BCUT2D eigenvalue weighted by atomic mass is 32.2. The van der Waals surface area contributed by atoms with Gasteiger partial charge in [-0.25, -0.2) is 4.79 Å². The van der Waals surface area contributed by atoms with Crippen molar-refractivity contribution < 1.29 is 28.2 Å². The highest BCUT2D eigenvalue weighted by molar-refractivity contribution is 7.98. The van der Waals surface area contributed by atoms with Crippen LogP contribution in [0.25, 0.3) is 0 Å². The quantitative estimate of drug-likeness (QED) is 0.0371. The molecular formula is C38H74O6SSi2. The molecule has 9 heteroatoms. The average Bonchev–Trinajstić information content (AvgIpc) is 2.94. The average molecular weight is 715 g/mol. The summed E-state index contributed by atoms with van der Waals surface area (Å²) in [7, 11) is -1.96. The number of aliphatic carboxylic acids is 1. The minimum Gasteiger partial charge on any atom is -0.478 e. The molecule has 0 saturated heterocycles. The van der Waals surface area contributed by atoms with Crippen molar-refractivity contribution in [1.29, 1.82) is 0 Å². The van der Waals surface area contributed by atoms with Crippen LogP contribution in [0, 0.1) is 17.8 Å². The molecule has 0 aliphatic carbocycles. The largest absolute Gasteiger partial charge is 0.478 e. The molecule has 0 rings (SSSR count). The van der Waals surface area contributed by atoms with Crippen LogP contribution in [0.15, 0.2) is 36.0 Å². The summed E-state index contributed by atoms with van der Waals surface area (Å²) in [5, 5.41) is 9.26. The molecule has 1 N–H and O–H groups in total. The van der Waals surface area contributed by atoms with Crippen LogP contribution in [0.1, 0.15) is 101 Å². The number of ether oxygens (including phenoxy) is 2. The fourth-order valence-corrected chi connectivity index (χ4v) is 7.82. The van der Waals surface area contributed by atoms with Crippen LogP contribution in [0.4, 0.5) is 0 Å². The molecule has 0 aliphatic rings. The molecule has 6 atom stereocenters. The van der Waals surface area contributed by atoms with Crippen LogP contribution >= 0.6 is 11.8 Å². The van der Waals surface area contributed by atoms with Crippen molar-refractivity contribution in [3.63, 3.8) is 0 Å². The number of thioether (sulfide) groups is 1. The maximum Gasteiger partial charge on any atom is 0.328 e. The van der Waals surface area contributed by atoms with E-state index >= 15 is 0 Å². The number of carbonyl (C=O) groups is 1. The third-order valence-corrected chi connectivity index (χ3v) is 19.9. The van der Waals surface area contributed by atoms with E-state index in [0.717, 1.165) is 38.4 Å². The molecule has 0 unspecified atom stereocenters. The van der Waals surface area contributed by atoms with Crippen molar-refractivity contribution in [2.24, 2.45) is 17.8 Å². The Morgan fingerprint density at radius 1 is 0.894 bits per heavy atom. The number of carboxylic acid groups (broad SMARTS) is 1. The molecule has 0 heterocycles. The Morgan fingerprint density at radius 3 is 2.00 bits per heavy atom. The van der Waals surface area contributed by atoms with E-state index in [1.807, 2.05) is 19.4 Å². The Bertz CT molecular complexity index is 980. The highest BCUT2D eigenvalue weighted by Gasteiger charge is 2.43. The molecule has 0 bridgehead atoms. The third-order valence-electron chi connectivity index (χ3n) is 10.6. The second-order valence-corrected chi connectivity index (χ2v) is 27.0. The summed E-state index contributed by atoms with van der Waals surface area (Å²) in [6, 6.07) is 0. The fraction of sp³-hybridized carbons (Fsp3) is 0.816. The zero-order valence-electron chi connectivity index (χ0n) is 33.2. The molecule has 0 spiro atoms. The molecule has 6 nitrogen and oxygen atoms in total. The lowest BCUT2D eigenvalue weighted by atomic mass is 9.84. The number of hydrogen-bond acceptors (Lipinski definition) is 6. The molecular weight excluding hydrogens is 641 g/mol. The van der Waals surface area contributed by atoms with E-state index in [9.17, 15) is 4.79 Å². The van der Waals surface area contributed by atoms with Crippen LogP contribution < -0.4 is 0 Å². The normalized spacial score (nSPS) is 18.0. The molecule has 276 valence electrons. The predicted molar refractivity (Wildman–Crippen MR) is 210 cm³/mol. The molecule has 0 saturated carbocycles. The van der Waals surface area contributed by atoms with E-state index in [-0.39, 0.29) is 34.3 Å². The second-order valence-electron chi connectivity index (χ2n) is 16.6.